The normalized spacial score (nSPS) is 12.6. The van der Waals surface area contributed by atoms with Crippen molar-refractivity contribution >= 4 is 46.6 Å². The lowest BCUT2D eigenvalue weighted by Gasteiger charge is -2.16. The fourth-order valence-electron chi connectivity index (χ4n) is 4.27. The summed E-state index contributed by atoms with van der Waals surface area (Å²) in [7, 11) is 0. The number of hydrogen-bond donors (Lipinski definition) is 8. The number of carboxylic acids is 3. The number of aliphatic carboxylic acids is 3. The molecule has 0 aliphatic carbocycles. The summed E-state index contributed by atoms with van der Waals surface area (Å²) in [4.78, 5) is 56.9. The molecule has 0 radical (unpaired) electrons. The highest BCUT2D eigenvalue weighted by Gasteiger charge is 2.23. The van der Waals surface area contributed by atoms with E-state index in [-0.39, 0.29) is 31.8 Å². The molecule has 40 heavy (non-hydrogen) atoms. The van der Waals surface area contributed by atoms with E-state index in [2.05, 4.69) is 25.6 Å². The van der Waals surface area contributed by atoms with Gasteiger partial charge in [0, 0.05) is 25.6 Å². The van der Waals surface area contributed by atoms with Gasteiger partial charge in [-0.1, -0.05) is 24.3 Å². The predicted molar refractivity (Wildman–Crippen MR) is 145 cm³/mol. The van der Waals surface area contributed by atoms with Crippen LogP contribution in [-0.2, 0) is 38.6 Å². The molecule has 0 fully saturated rings. The summed E-state index contributed by atoms with van der Waals surface area (Å²) in [6, 6.07) is 5.35. The molecule has 1 aromatic carbocycles. The van der Waals surface area contributed by atoms with Crippen LogP contribution in [-0.4, -0.2) is 66.2 Å². The number of amides is 1. The zero-order valence-electron chi connectivity index (χ0n) is 21.7. The summed E-state index contributed by atoms with van der Waals surface area (Å²) in [5.41, 5.74) is 15.2. The Labute approximate surface area is 229 Å². The van der Waals surface area contributed by atoms with E-state index in [9.17, 15) is 24.3 Å². The maximum absolute atomic E-state index is 12.1. The molecule has 14 nitrogen and oxygen atoms in total. The molecule has 214 valence electrons. The molecule has 0 spiro atoms. The number of aromatic amines is 1. The first-order valence-corrected chi connectivity index (χ1v) is 12.7. The van der Waals surface area contributed by atoms with Crippen molar-refractivity contribution in [1.82, 2.24) is 25.6 Å². The fraction of sp³-hybridized carbons (Fsp3) is 0.385. The van der Waals surface area contributed by atoms with Crippen LogP contribution in [0.4, 0.5) is 11.8 Å². The molecule has 0 unspecified atom stereocenters. The number of anilines is 2. The van der Waals surface area contributed by atoms with E-state index >= 15 is 0 Å². The van der Waals surface area contributed by atoms with E-state index in [4.69, 9.17) is 21.7 Å². The molecule has 10 N–H and O–H groups in total. The summed E-state index contributed by atoms with van der Waals surface area (Å²) >= 11 is 0. The molecule has 3 aromatic rings. The van der Waals surface area contributed by atoms with Crippen LogP contribution in [0, 0.1) is 0 Å². The number of nitrogens with one attached hydrogen (secondary N) is 3. The van der Waals surface area contributed by atoms with Gasteiger partial charge in [0.2, 0.25) is 11.9 Å². The standard InChI is InChI=1S/C26H33N7O7/c27-22-21-16(13-30-23(21)33-26(28)32-22)3-1-2-14-4-6-15(7-5-14)12-29-17(24(37)38)8-10-19(34)31-18(25(39)40)9-11-20(35)36/h4-7,13,17-18,29H,1-3,8-12H2,(H,31,34)(H,35,36)(H,37,38)(H,39,40)(H5,27,28,30,32,33)/t17-,18-/m0/s1. The van der Waals surface area contributed by atoms with E-state index in [0.717, 1.165) is 41.3 Å². The average Bonchev–Trinajstić information content (AvgIpc) is 3.29. The van der Waals surface area contributed by atoms with Crippen LogP contribution in [0.25, 0.3) is 11.0 Å². The maximum Gasteiger partial charge on any atom is 0.326 e. The van der Waals surface area contributed by atoms with Crippen molar-refractivity contribution in [1.29, 1.82) is 0 Å². The zero-order valence-corrected chi connectivity index (χ0v) is 21.7. The van der Waals surface area contributed by atoms with Crippen LogP contribution in [0.5, 0.6) is 0 Å². The molecular formula is C26H33N7O7. The number of carboxylic acid groups (broad SMARTS) is 3. The second-order valence-electron chi connectivity index (χ2n) is 9.38. The number of benzene rings is 1. The molecule has 0 aliphatic heterocycles. The van der Waals surface area contributed by atoms with E-state index < -0.39 is 42.3 Å². The number of nitrogens with two attached hydrogens (primary N) is 2. The summed E-state index contributed by atoms with van der Waals surface area (Å²) in [6.45, 7) is 0.257. The Morgan fingerprint density at radius 2 is 1.52 bits per heavy atom. The molecule has 2 heterocycles. The molecule has 2 atom stereocenters. The highest BCUT2D eigenvalue weighted by Crippen LogP contribution is 2.24. The Hall–Kier alpha value is -4.72. The van der Waals surface area contributed by atoms with E-state index in [1.54, 1.807) is 0 Å². The second-order valence-corrected chi connectivity index (χ2v) is 9.38. The zero-order chi connectivity index (χ0) is 29.2. The smallest absolute Gasteiger partial charge is 0.326 e. The van der Waals surface area contributed by atoms with Gasteiger partial charge in [0.15, 0.2) is 0 Å². The van der Waals surface area contributed by atoms with Crippen molar-refractivity contribution in [3.63, 3.8) is 0 Å². The molecule has 0 aliphatic rings. The van der Waals surface area contributed by atoms with Crippen molar-refractivity contribution in [2.45, 2.75) is 63.6 Å². The van der Waals surface area contributed by atoms with Crippen LogP contribution >= 0.6 is 0 Å². The highest BCUT2D eigenvalue weighted by atomic mass is 16.4. The SMILES string of the molecule is Nc1nc(N)c2c(CCCc3ccc(CN[C@@H](CCC(=O)N[C@@H](CCC(=O)O)C(=O)O)C(=O)O)cc3)c[nH]c2n1. The Bertz CT molecular complexity index is 1360. The lowest BCUT2D eigenvalue weighted by molar-refractivity contribution is -0.144. The molecule has 0 bridgehead atoms. The number of aryl methyl sites for hydroxylation is 2. The topological polar surface area (TPSA) is 247 Å². The van der Waals surface area contributed by atoms with Gasteiger partial charge in [0.25, 0.3) is 0 Å². The number of nitrogens with zero attached hydrogens (tertiary/aromatic N) is 2. The molecule has 0 saturated heterocycles. The average molecular weight is 556 g/mol. The first kappa shape index (κ1) is 29.8. The van der Waals surface area contributed by atoms with Gasteiger partial charge in [-0.2, -0.15) is 9.97 Å². The van der Waals surface area contributed by atoms with Crippen molar-refractivity contribution in [3.05, 3.63) is 47.2 Å². The first-order chi connectivity index (χ1) is 19.0. The molecular weight excluding hydrogens is 522 g/mol. The van der Waals surface area contributed by atoms with Crippen molar-refractivity contribution in [3.8, 4) is 0 Å². The van der Waals surface area contributed by atoms with Gasteiger partial charge in [0.1, 0.15) is 23.5 Å². The number of H-pyrrole nitrogens is 1. The number of hydrogen-bond acceptors (Lipinski definition) is 9. The van der Waals surface area contributed by atoms with Crippen molar-refractivity contribution < 1.29 is 34.5 Å². The van der Waals surface area contributed by atoms with Crippen molar-refractivity contribution in [2.75, 3.05) is 11.5 Å². The largest absolute Gasteiger partial charge is 0.481 e. The van der Waals surface area contributed by atoms with Gasteiger partial charge in [-0.05, 0) is 48.8 Å². The number of aromatic nitrogens is 3. The number of rotatable bonds is 16. The quantitative estimate of drug-likeness (QED) is 0.124. The van der Waals surface area contributed by atoms with Gasteiger partial charge >= 0.3 is 17.9 Å². The van der Waals surface area contributed by atoms with Crippen LogP contribution in [0.2, 0.25) is 0 Å². The summed E-state index contributed by atoms with van der Waals surface area (Å²) in [5.74, 6) is -3.88. The number of fused-ring (bicyclic) bond motifs is 1. The molecule has 2 aromatic heterocycles. The minimum atomic E-state index is -1.35. The summed E-state index contributed by atoms with van der Waals surface area (Å²) in [5, 5.41) is 33.3. The monoisotopic (exact) mass is 555 g/mol. The third-order valence-corrected chi connectivity index (χ3v) is 6.38. The van der Waals surface area contributed by atoms with E-state index in [1.807, 2.05) is 30.5 Å². The second kappa shape index (κ2) is 13.9. The van der Waals surface area contributed by atoms with Gasteiger partial charge in [0.05, 0.1) is 5.39 Å². The van der Waals surface area contributed by atoms with Crippen LogP contribution in [0.15, 0.2) is 30.5 Å². The van der Waals surface area contributed by atoms with Gasteiger partial charge in [-0.25, -0.2) is 4.79 Å². The Morgan fingerprint density at radius 1 is 0.875 bits per heavy atom. The van der Waals surface area contributed by atoms with Gasteiger partial charge in [-0.15, -0.1) is 0 Å². The van der Waals surface area contributed by atoms with Gasteiger partial charge < -0.3 is 42.4 Å². The predicted octanol–water partition coefficient (Wildman–Crippen LogP) is 1.05. The Morgan fingerprint density at radius 3 is 2.17 bits per heavy atom. The number of nitrogen functional groups attached to an aromatic ring is 2. The molecule has 3 rings (SSSR count). The lowest BCUT2D eigenvalue weighted by atomic mass is 10.0. The van der Waals surface area contributed by atoms with E-state index in [0.29, 0.717) is 11.5 Å². The Kier molecular flexibility index (Phi) is 10.4. The third kappa shape index (κ3) is 8.66. The molecule has 0 saturated carbocycles. The van der Waals surface area contributed by atoms with Gasteiger partial charge in [-0.3, -0.25) is 14.4 Å². The number of carbonyl (C=O) groups excluding carboxylic acids is 1. The summed E-state index contributed by atoms with van der Waals surface area (Å²) < 4.78 is 0. The Balaban J connectivity index is 1.45. The minimum Gasteiger partial charge on any atom is -0.481 e. The van der Waals surface area contributed by atoms with E-state index in [1.165, 1.54) is 0 Å². The fourth-order valence-corrected chi connectivity index (χ4v) is 4.27. The summed E-state index contributed by atoms with van der Waals surface area (Å²) in [6.07, 6.45) is 3.30. The maximum atomic E-state index is 12.1. The van der Waals surface area contributed by atoms with Crippen molar-refractivity contribution in [2.24, 2.45) is 0 Å². The molecule has 14 heteroatoms. The lowest BCUT2D eigenvalue weighted by Crippen LogP contribution is -2.42. The minimum absolute atomic E-state index is 0.0689. The van der Waals surface area contributed by atoms with Crippen LogP contribution in [0.3, 0.4) is 0 Å². The third-order valence-electron chi connectivity index (χ3n) is 6.38. The number of carbonyl (C=O) groups is 4. The first-order valence-electron chi connectivity index (χ1n) is 12.7. The van der Waals surface area contributed by atoms with Crippen LogP contribution in [0.1, 0.15) is 48.8 Å². The highest BCUT2D eigenvalue weighted by molar-refractivity contribution is 5.90. The van der Waals surface area contributed by atoms with Crippen LogP contribution < -0.4 is 22.1 Å². The molecule has 1 amide bonds.